The van der Waals surface area contributed by atoms with Crippen LogP contribution in [-0.2, 0) is 4.79 Å². The standard InChI is InChI=1S/C18H24ClN5O2/c1-13(2)18-21-17(22-26-18)14-5-6-15(20-12-14)23-8-10-24(11-9-23)16(25)4-3-7-19/h5-6,12-13H,3-4,7-11H2,1-2H3. The molecule has 26 heavy (non-hydrogen) atoms. The van der Waals surface area contributed by atoms with Crippen molar-refractivity contribution in [3.63, 3.8) is 0 Å². The number of rotatable bonds is 6. The molecule has 1 amide bonds. The first kappa shape index (κ1) is 18.6. The number of carbonyl (C=O) groups is 1. The first-order valence-corrected chi connectivity index (χ1v) is 9.50. The molecule has 0 aliphatic carbocycles. The van der Waals surface area contributed by atoms with Crippen molar-refractivity contribution in [3.05, 3.63) is 24.2 Å². The molecule has 3 heterocycles. The zero-order valence-corrected chi connectivity index (χ0v) is 15.9. The van der Waals surface area contributed by atoms with E-state index in [1.165, 1.54) is 0 Å². The summed E-state index contributed by atoms with van der Waals surface area (Å²) >= 11 is 5.66. The summed E-state index contributed by atoms with van der Waals surface area (Å²) in [6.07, 6.45) is 3.03. The molecular formula is C18H24ClN5O2. The number of hydrogen-bond acceptors (Lipinski definition) is 6. The molecule has 0 bridgehead atoms. The fourth-order valence-corrected chi connectivity index (χ4v) is 2.99. The molecule has 1 aliphatic heterocycles. The number of alkyl halides is 1. The van der Waals surface area contributed by atoms with Gasteiger partial charge in [0, 0.05) is 56.2 Å². The van der Waals surface area contributed by atoms with Gasteiger partial charge in [-0.2, -0.15) is 4.98 Å². The summed E-state index contributed by atoms with van der Waals surface area (Å²) in [7, 11) is 0. The normalized spacial score (nSPS) is 14.9. The maximum absolute atomic E-state index is 12.1. The molecule has 8 heteroatoms. The number of carbonyl (C=O) groups excluding carboxylic acids is 1. The lowest BCUT2D eigenvalue weighted by atomic mass is 10.2. The molecular weight excluding hydrogens is 354 g/mol. The summed E-state index contributed by atoms with van der Waals surface area (Å²) in [6.45, 7) is 7.01. The quantitative estimate of drug-likeness (QED) is 0.720. The number of hydrogen-bond donors (Lipinski definition) is 0. The van der Waals surface area contributed by atoms with E-state index < -0.39 is 0 Å². The number of amides is 1. The number of aromatic nitrogens is 3. The van der Waals surface area contributed by atoms with Crippen molar-refractivity contribution in [1.29, 1.82) is 0 Å². The van der Waals surface area contributed by atoms with Crippen LogP contribution in [0.25, 0.3) is 11.4 Å². The Morgan fingerprint density at radius 2 is 2.04 bits per heavy atom. The van der Waals surface area contributed by atoms with Gasteiger partial charge in [-0.15, -0.1) is 11.6 Å². The fourth-order valence-electron chi connectivity index (χ4n) is 2.85. The zero-order valence-electron chi connectivity index (χ0n) is 15.2. The van der Waals surface area contributed by atoms with E-state index in [2.05, 4.69) is 20.0 Å². The average Bonchev–Trinajstić information content (AvgIpc) is 3.17. The number of pyridine rings is 1. The Kier molecular flexibility index (Phi) is 6.08. The summed E-state index contributed by atoms with van der Waals surface area (Å²) in [4.78, 5) is 25.1. The molecule has 140 valence electrons. The topological polar surface area (TPSA) is 75.4 Å². The number of halogens is 1. The van der Waals surface area contributed by atoms with Gasteiger partial charge in [0.1, 0.15) is 5.82 Å². The van der Waals surface area contributed by atoms with Gasteiger partial charge in [-0.3, -0.25) is 4.79 Å². The third-order valence-corrected chi connectivity index (χ3v) is 4.69. The van der Waals surface area contributed by atoms with Crippen LogP contribution in [0.4, 0.5) is 5.82 Å². The van der Waals surface area contributed by atoms with Crippen molar-refractivity contribution in [2.45, 2.75) is 32.6 Å². The van der Waals surface area contributed by atoms with Crippen LogP contribution in [0.15, 0.2) is 22.9 Å². The first-order chi connectivity index (χ1) is 12.6. The molecule has 0 N–H and O–H groups in total. The van der Waals surface area contributed by atoms with Gasteiger partial charge < -0.3 is 14.3 Å². The second-order valence-electron chi connectivity index (χ2n) is 6.68. The highest BCUT2D eigenvalue weighted by molar-refractivity contribution is 6.17. The maximum atomic E-state index is 12.1. The highest BCUT2D eigenvalue weighted by atomic mass is 35.5. The molecule has 0 aromatic carbocycles. The monoisotopic (exact) mass is 377 g/mol. The average molecular weight is 378 g/mol. The summed E-state index contributed by atoms with van der Waals surface area (Å²) in [5.41, 5.74) is 0.833. The molecule has 0 radical (unpaired) electrons. The van der Waals surface area contributed by atoms with E-state index in [-0.39, 0.29) is 11.8 Å². The third-order valence-electron chi connectivity index (χ3n) is 4.42. The fraction of sp³-hybridized carbons (Fsp3) is 0.556. The van der Waals surface area contributed by atoms with Crippen molar-refractivity contribution in [2.75, 3.05) is 37.0 Å². The molecule has 1 fully saturated rings. The van der Waals surface area contributed by atoms with Crippen LogP contribution >= 0.6 is 11.6 Å². The van der Waals surface area contributed by atoms with E-state index in [0.717, 1.165) is 30.9 Å². The maximum Gasteiger partial charge on any atom is 0.229 e. The van der Waals surface area contributed by atoms with Crippen LogP contribution in [0.1, 0.15) is 38.5 Å². The molecule has 1 aliphatic rings. The molecule has 2 aromatic rings. The van der Waals surface area contributed by atoms with Gasteiger partial charge >= 0.3 is 0 Å². The molecule has 1 saturated heterocycles. The molecule has 3 rings (SSSR count). The van der Waals surface area contributed by atoms with Gasteiger partial charge in [-0.25, -0.2) is 4.98 Å². The number of nitrogens with zero attached hydrogens (tertiary/aromatic N) is 5. The predicted molar refractivity (Wildman–Crippen MR) is 100 cm³/mol. The van der Waals surface area contributed by atoms with Gasteiger partial charge in [0.15, 0.2) is 0 Å². The summed E-state index contributed by atoms with van der Waals surface area (Å²) in [5.74, 6) is 3.00. The van der Waals surface area contributed by atoms with Gasteiger partial charge in [0.2, 0.25) is 17.6 Å². The molecule has 0 saturated carbocycles. The second kappa shape index (κ2) is 8.49. The van der Waals surface area contributed by atoms with Crippen LogP contribution in [0.5, 0.6) is 0 Å². The van der Waals surface area contributed by atoms with E-state index in [9.17, 15) is 4.79 Å². The van der Waals surface area contributed by atoms with E-state index >= 15 is 0 Å². The minimum Gasteiger partial charge on any atom is -0.353 e. The summed E-state index contributed by atoms with van der Waals surface area (Å²) < 4.78 is 5.24. The predicted octanol–water partition coefficient (Wildman–Crippen LogP) is 2.92. The second-order valence-corrected chi connectivity index (χ2v) is 7.05. The van der Waals surface area contributed by atoms with E-state index in [1.54, 1.807) is 6.20 Å². The van der Waals surface area contributed by atoms with Gasteiger partial charge in [0.05, 0.1) is 0 Å². The highest BCUT2D eigenvalue weighted by Crippen LogP contribution is 2.21. The molecule has 0 spiro atoms. The highest BCUT2D eigenvalue weighted by Gasteiger charge is 2.21. The van der Waals surface area contributed by atoms with Crippen molar-refractivity contribution >= 4 is 23.3 Å². The van der Waals surface area contributed by atoms with Crippen molar-refractivity contribution in [2.24, 2.45) is 0 Å². The van der Waals surface area contributed by atoms with Gasteiger partial charge in [0.25, 0.3) is 0 Å². The minimum absolute atomic E-state index is 0.187. The van der Waals surface area contributed by atoms with Crippen LogP contribution < -0.4 is 4.90 Å². The smallest absolute Gasteiger partial charge is 0.229 e. The van der Waals surface area contributed by atoms with Crippen molar-refractivity contribution < 1.29 is 9.32 Å². The summed E-state index contributed by atoms with van der Waals surface area (Å²) in [6, 6.07) is 3.92. The summed E-state index contributed by atoms with van der Waals surface area (Å²) in [5, 5.41) is 4.01. The zero-order chi connectivity index (χ0) is 18.5. The van der Waals surface area contributed by atoms with Crippen LogP contribution in [0, 0.1) is 0 Å². The third kappa shape index (κ3) is 4.33. The Morgan fingerprint density at radius 3 is 2.62 bits per heavy atom. The molecule has 0 unspecified atom stereocenters. The van der Waals surface area contributed by atoms with Crippen LogP contribution in [0.3, 0.4) is 0 Å². The number of piperazine rings is 1. The largest absolute Gasteiger partial charge is 0.353 e. The van der Waals surface area contributed by atoms with E-state index in [1.807, 2.05) is 30.9 Å². The Balaban J connectivity index is 1.58. The molecule has 7 nitrogen and oxygen atoms in total. The number of anilines is 1. The lowest BCUT2D eigenvalue weighted by Crippen LogP contribution is -2.49. The Hall–Kier alpha value is -2.15. The lowest BCUT2D eigenvalue weighted by molar-refractivity contribution is -0.131. The van der Waals surface area contributed by atoms with E-state index in [4.69, 9.17) is 16.1 Å². The lowest BCUT2D eigenvalue weighted by Gasteiger charge is -2.35. The van der Waals surface area contributed by atoms with Gasteiger partial charge in [-0.1, -0.05) is 19.0 Å². The van der Waals surface area contributed by atoms with Crippen molar-refractivity contribution in [1.82, 2.24) is 20.0 Å². The first-order valence-electron chi connectivity index (χ1n) is 8.97. The van der Waals surface area contributed by atoms with Gasteiger partial charge in [-0.05, 0) is 18.6 Å². The van der Waals surface area contributed by atoms with Crippen molar-refractivity contribution in [3.8, 4) is 11.4 Å². The van der Waals surface area contributed by atoms with Crippen LogP contribution in [0.2, 0.25) is 0 Å². The SMILES string of the molecule is CC(C)c1nc(-c2ccc(N3CCN(C(=O)CCCCl)CC3)nc2)no1. The molecule has 2 aromatic heterocycles. The Labute approximate surface area is 158 Å². The molecule has 0 atom stereocenters. The van der Waals surface area contributed by atoms with E-state index in [0.29, 0.717) is 37.1 Å². The van der Waals surface area contributed by atoms with Crippen LogP contribution in [-0.4, -0.2) is 58.0 Å². The Bertz CT molecular complexity index is 723. The Morgan fingerprint density at radius 1 is 1.27 bits per heavy atom. The minimum atomic E-state index is 0.187.